The molecule has 2 heterocycles. The third-order valence-electron chi connectivity index (χ3n) is 5.50. The minimum Gasteiger partial charge on any atom is -0.473 e. The van der Waals surface area contributed by atoms with Gasteiger partial charge in [0, 0.05) is 22.7 Å². The Morgan fingerprint density at radius 3 is 2.13 bits per heavy atom. The average Bonchev–Trinajstić information content (AvgIpc) is 3.10. The number of ketones is 1. The number of hydrogen-bond donors (Lipinski definition) is 3. The fourth-order valence-electron chi connectivity index (χ4n) is 3.82. The van der Waals surface area contributed by atoms with Crippen LogP contribution in [0.1, 0.15) is 40.2 Å². The number of nitrogens with zero attached hydrogens (tertiary/aromatic N) is 2. The van der Waals surface area contributed by atoms with Gasteiger partial charge in [-0.25, -0.2) is 9.59 Å². The number of carbonyl (C=O) groups excluding carboxylic acids is 1. The van der Waals surface area contributed by atoms with Crippen molar-refractivity contribution in [2.45, 2.75) is 18.8 Å². The number of fused-ring (bicyclic) bond motifs is 1. The van der Waals surface area contributed by atoms with Crippen molar-refractivity contribution in [3.8, 4) is 0 Å². The third-order valence-corrected chi connectivity index (χ3v) is 5.50. The van der Waals surface area contributed by atoms with E-state index in [1.165, 1.54) is 5.56 Å². The van der Waals surface area contributed by atoms with Gasteiger partial charge in [-0.2, -0.15) is 0 Å². The van der Waals surface area contributed by atoms with Crippen molar-refractivity contribution in [1.29, 1.82) is 0 Å². The molecule has 1 aliphatic rings. The zero-order chi connectivity index (χ0) is 22.5. The normalized spacial score (nSPS) is 14.6. The first-order chi connectivity index (χ1) is 14.8. The van der Waals surface area contributed by atoms with Crippen LogP contribution in [0.25, 0.3) is 10.9 Å². The van der Waals surface area contributed by atoms with Gasteiger partial charge in [-0.3, -0.25) is 9.47 Å². The second-order valence-electron chi connectivity index (χ2n) is 7.61. The topological polar surface area (TPSA) is 126 Å². The summed E-state index contributed by atoms with van der Waals surface area (Å²) in [5.41, 5.74) is 3.70. The van der Waals surface area contributed by atoms with Crippen LogP contribution in [-0.2, 0) is 9.59 Å². The average molecular weight is 423 g/mol. The van der Waals surface area contributed by atoms with Gasteiger partial charge in [-0.15, -0.1) is 0 Å². The van der Waals surface area contributed by atoms with Crippen molar-refractivity contribution in [3.63, 3.8) is 0 Å². The number of nitrogen functional groups attached to an aromatic ring is 1. The Bertz CT molecular complexity index is 1090. The van der Waals surface area contributed by atoms with E-state index in [0.717, 1.165) is 48.0 Å². The molecule has 0 aliphatic carbocycles. The SMILES string of the molecule is CN1CCC(c2cn(N)c3ccc(C(=O)c4ccccc4)cc23)CC1.O=C(O)C(=O)O. The Kier molecular flexibility index (Phi) is 6.71. The number of rotatable bonds is 3. The molecule has 0 bridgehead atoms. The zero-order valence-corrected chi connectivity index (χ0v) is 17.2. The van der Waals surface area contributed by atoms with Gasteiger partial charge >= 0.3 is 11.9 Å². The molecule has 31 heavy (non-hydrogen) atoms. The minimum atomic E-state index is -1.82. The smallest absolute Gasteiger partial charge is 0.414 e. The molecule has 162 valence electrons. The highest BCUT2D eigenvalue weighted by molar-refractivity contribution is 6.27. The molecule has 1 saturated heterocycles. The van der Waals surface area contributed by atoms with Crippen LogP contribution in [0.4, 0.5) is 0 Å². The van der Waals surface area contributed by atoms with E-state index in [9.17, 15) is 4.79 Å². The molecule has 0 radical (unpaired) electrons. The summed E-state index contributed by atoms with van der Waals surface area (Å²) in [7, 11) is 2.17. The maximum absolute atomic E-state index is 12.8. The highest BCUT2D eigenvalue weighted by atomic mass is 16.4. The fraction of sp³-hybridized carbons (Fsp3) is 0.261. The van der Waals surface area contributed by atoms with E-state index in [4.69, 9.17) is 25.6 Å². The van der Waals surface area contributed by atoms with Crippen molar-refractivity contribution in [1.82, 2.24) is 9.58 Å². The molecule has 3 aromatic rings. The molecule has 4 rings (SSSR count). The summed E-state index contributed by atoms with van der Waals surface area (Å²) in [4.78, 5) is 33.3. The molecule has 0 saturated carbocycles. The molecule has 4 N–H and O–H groups in total. The van der Waals surface area contributed by atoms with Gasteiger partial charge in [0.2, 0.25) is 0 Å². The van der Waals surface area contributed by atoms with Crippen LogP contribution < -0.4 is 5.84 Å². The van der Waals surface area contributed by atoms with Crippen molar-refractivity contribution in [3.05, 3.63) is 71.4 Å². The Balaban J connectivity index is 0.000000401. The maximum Gasteiger partial charge on any atom is 0.414 e. The van der Waals surface area contributed by atoms with E-state index in [1.54, 1.807) is 4.68 Å². The van der Waals surface area contributed by atoms with Gasteiger partial charge in [0.15, 0.2) is 5.78 Å². The lowest BCUT2D eigenvalue weighted by Crippen LogP contribution is -2.29. The minimum absolute atomic E-state index is 0.0570. The van der Waals surface area contributed by atoms with Crippen LogP contribution in [-0.4, -0.2) is 57.6 Å². The van der Waals surface area contributed by atoms with E-state index in [-0.39, 0.29) is 5.78 Å². The molecular weight excluding hydrogens is 398 g/mol. The number of carboxylic acid groups (broad SMARTS) is 2. The van der Waals surface area contributed by atoms with Gasteiger partial charge in [-0.05, 0) is 62.7 Å². The largest absolute Gasteiger partial charge is 0.473 e. The summed E-state index contributed by atoms with van der Waals surface area (Å²) in [5, 5.41) is 15.9. The van der Waals surface area contributed by atoms with Gasteiger partial charge in [0.05, 0.1) is 5.52 Å². The highest BCUT2D eigenvalue weighted by Crippen LogP contribution is 2.34. The molecule has 1 fully saturated rings. The lowest BCUT2D eigenvalue weighted by molar-refractivity contribution is -0.159. The van der Waals surface area contributed by atoms with E-state index < -0.39 is 11.9 Å². The van der Waals surface area contributed by atoms with Crippen molar-refractivity contribution >= 4 is 28.6 Å². The standard InChI is InChI=1S/C21H23N3O.C2H2O4/c1-23-11-9-15(10-12-23)19-14-24(22)20-8-7-17(13-18(19)20)21(25)16-5-3-2-4-6-16;3-1(4)2(5)6/h2-8,13-15H,9-12,22H2,1H3;(H,3,4)(H,5,6). The monoisotopic (exact) mass is 423 g/mol. The van der Waals surface area contributed by atoms with Crippen molar-refractivity contribution in [2.24, 2.45) is 0 Å². The van der Waals surface area contributed by atoms with Crippen LogP contribution in [0.5, 0.6) is 0 Å². The van der Waals surface area contributed by atoms with Gasteiger partial charge in [0.25, 0.3) is 0 Å². The van der Waals surface area contributed by atoms with Gasteiger partial charge < -0.3 is 21.0 Å². The molecule has 0 unspecified atom stereocenters. The first kappa shape index (κ1) is 22.0. The van der Waals surface area contributed by atoms with Crippen LogP contribution in [0, 0.1) is 0 Å². The lowest BCUT2D eigenvalue weighted by atomic mass is 9.88. The number of benzene rings is 2. The van der Waals surface area contributed by atoms with E-state index >= 15 is 0 Å². The van der Waals surface area contributed by atoms with E-state index in [2.05, 4.69) is 11.9 Å². The number of piperidine rings is 1. The molecule has 0 atom stereocenters. The van der Waals surface area contributed by atoms with E-state index in [0.29, 0.717) is 5.92 Å². The molecular formula is C23H25N3O5. The van der Waals surface area contributed by atoms with E-state index in [1.807, 2.05) is 54.7 Å². The first-order valence-corrected chi connectivity index (χ1v) is 9.92. The second kappa shape index (κ2) is 9.44. The number of carboxylic acids is 2. The Hall–Kier alpha value is -3.65. The molecule has 8 heteroatoms. The fourth-order valence-corrected chi connectivity index (χ4v) is 3.82. The van der Waals surface area contributed by atoms with Crippen molar-refractivity contribution in [2.75, 3.05) is 26.0 Å². The molecule has 0 spiro atoms. The predicted molar refractivity (Wildman–Crippen MR) is 117 cm³/mol. The lowest BCUT2D eigenvalue weighted by Gasteiger charge is -2.28. The second-order valence-corrected chi connectivity index (χ2v) is 7.61. The number of likely N-dealkylation sites (tertiary alicyclic amines) is 1. The van der Waals surface area contributed by atoms with Crippen LogP contribution in [0.3, 0.4) is 0 Å². The van der Waals surface area contributed by atoms with Crippen LogP contribution in [0.2, 0.25) is 0 Å². The highest BCUT2D eigenvalue weighted by Gasteiger charge is 2.23. The molecule has 1 aromatic heterocycles. The number of carbonyl (C=O) groups is 3. The third kappa shape index (κ3) is 5.10. The Labute approximate surface area is 179 Å². The van der Waals surface area contributed by atoms with Gasteiger partial charge in [-0.1, -0.05) is 30.3 Å². The molecule has 1 aliphatic heterocycles. The zero-order valence-electron chi connectivity index (χ0n) is 17.2. The van der Waals surface area contributed by atoms with Crippen molar-refractivity contribution < 1.29 is 24.6 Å². The number of aliphatic carboxylic acids is 2. The summed E-state index contributed by atoms with van der Waals surface area (Å²) in [6.45, 7) is 2.20. The van der Waals surface area contributed by atoms with Crippen LogP contribution >= 0.6 is 0 Å². The summed E-state index contributed by atoms with van der Waals surface area (Å²) >= 11 is 0. The first-order valence-electron chi connectivity index (χ1n) is 9.92. The Morgan fingerprint density at radius 1 is 0.935 bits per heavy atom. The van der Waals surface area contributed by atoms with Gasteiger partial charge in [0.1, 0.15) is 0 Å². The maximum atomic E-state index is 12.8. The number of aromatic nitrogens is 1. The van der Waals surface area contributed by atoms with Crippen LogP contribution in [0.15, 0.2) is 54.7 Å². The predicted octanol–water partition coefficient (Wildman–Crippen LogP) is 2.55. The summed E-state index contributed by atoms with van der Waals surface area (Å²) < 4.78 is 1.69. The molecule has 8 nitrogen and oxygen atoms in total. The summed E-state index contributed by atoms with van der Waals surface area (Å²) in [6, 6.07) is 15.3. The quantitative estimate of drug-likeness (QED) is 0.336. The summed E-state index contributed by atoms with van der Waals surface area (Å²) in [5.74, 6) is 3.08. The molecule has 0 amide bonds. The molecule has 2 aromatic carbocycles. The number of nitrogens with two attached hydrogens (primary N) is 1. The summed E-state index contributed by atoms with van der Waals surface area (Å²) in [6.07, 6.45) is 4.30. The Morgan fingerprint density at radius 2 is 1.55 bits per heavy atom. The number of hydrogen-bond acceptors (Lipinski definition) is 5.